The number of carboxylic acids is 1. The van der Waals surface area contributed by atoms with Gasteiger partial charge in [0.1, 0.15) is 18.7 Å². The molecule has 1 N–H and O–H groups in total. The van der Waals surface area contributed by atoms with Gasteiger partial charge in [0.2, 0.25) is 11.8 Å². The molecule has 2 atom stereocenters. The summed E-state index contributed by atoms with van der Waals surface area (Å²) in [6.45, 7) is 3.67. The molecule has 0 saturated heterocycles. The van der Waals surface area contributed by atoms with E-state index < -0.39 is 42.4 Å². The highest BCUT2D eigenvalue weighted by Crippen LogP contribution is 2.44. The van der Waals surface area contributed by atoms with Crippen LogP contribution in [0, 0.1) is 5.92 Å². The molecule has 0 heterocycles. The van der Waals surface area contributed by atoms with Crippen molar-refractivity contribution in [3.8, 4) is 11.1 Å². The van der Waals surface area contributed by atoms with Gasteiger partial charge in [0.25, 0.3) is 0 Å². The Kier molecular flexibility index (Phi) is 8.57. The Morgan fingerprint density at radius 2 is 1.35 bits per heavy atom. The second kappa shape index (κ2) is 11.5. The van der Waals surface area contributed by atoms with Gasteiger partial charge in [-0.3, -0.25) is 19.3 Å². The molecule has 37 heavy (non-hydrogen) atoms. The first-order valence-electron chi connectivity index (χ1n) is 12.2. The summed E-state index contributed by atoms with van der Waals surface area (Å²) < 4.78 is 5.72. The number of rotatable bonds is 9. The fourth-order valence-corrected chi connectivity index (χ4v) is 4.92. The number of fused-ring (bicyclic) bond motifs is 3. The Morgan fingerprint density at radius 3 is 1.81 bits per heavy atom. The third-order valence-electron chi connectivity index (χ3n) is 6.83. The van der Waals surface area contributed by atoms with Gasteiger partial charge < -0.3 is 19.6 Å². The molecule has 9 heteroatoms. The number of aliphatic carboxylic acids is 1. The number of carbonyl (C=O) groups excluding carboxylic acids is 3. The van der Waals surface area contributed by atoms with Crippen LogP contribution in [0.1, 0.15) is 37.3 Å². The molecule has 198 valence electrons. The van der Waals surface area contributed by atoms with Crippen molar-refractivity contribution in [1.29, 1.82) is 0 Å². The van der Waals surface area contributed by atoms with Crippen molar-refractivity contribution >= 4 is 23.9 Å². The number of hydrogen-bond acceptors (Lipinski definition) is 5. The SMILES string of the molecule is CC(C)[C@@H](C(=O)N(C)[C@H](CC(=O)O)C(=O)N(C)C)N(C)C(=O)OCC1c2ccccc2-c2ccccc21. The minimum atomic E-state index is -1.20. The first-order valence-corrected chi connectivity index (χ1v) is 12.2. The summed E-state index contributed by atoms with van der Waals surface area (Å²) in [6, 6.07) is 13.9. The van der Waals surface area contributed by atoms with E-state index in [0.29, 0.717) is 0 Å². The monoisotopic (exact) mass is 509 g/mol. The summed E-state index contributed by atoms with van der Waals surface area (Å²) in [4.78, 5) is 54.3. The molecule has 2 aromatic carbocycles. The average molecular weight is 510 g/mol. The number of carbonyl (C=O) groups is 4. The number of ether oxygens (including phenoxy) is 1. The van der Waals surface area contributed by atoms with Crippen molar-refractivity contribution in [1.82, 2.24) is 14.7 Å². The van der Waals surface area contributed by atoms with E-state index in [0.717, 1.165) is 27.2 Å². The number of likely N-dealkylation sites (N-methyl/N-ethyl adjacent to an activating group) is 3. The number of hydrogen-bond donors (Lipinski definition) is 1. The third-order valence-corrected chi connectivity index (χ3v) is 6.83. The van der Waals surface area contributed by atoms with Crippen LogP contribution in [0.4, 0.5) is 4.79 Å². The van der Waals surface area contributed by atoms with Crippen molar-refractivity contribution in [2.24, 2.45) is 5.92 Å². The second-order valence-electron chi connectivity index (χ2n) is 9.90. The van der Waals surface area contributed by atoms with Crippen LogP contribution in [-0.4, -0.2) is 90.6 Å². The van der Waals surface area contributed by atoms with E-state index in [1.807, 2.05) is 48.5 Å². The van der Waals surface area contributed by atoms with Crippen molar-refractivity contribution < 1.29 is 29.0 Å². The van der Waals surface area contributed by atoms with Crippen molar-refractivity contribution in [3.05, 3.63) is 59.7 Å². The van der Waals surface area contributed by atoms with Gasteiger partial charge in [-0.05, 0) is 28.2 Å². The number of amides is 3. The van der Waals surface area contributed by atoms with Crippen LogP contribution < -0.4 is 0 Å². The van der Waals surface area contributed by atoms with Gasteiger partial charge in [-0.2, -0.15) is 0 Å². The van der Waals surface area contributed by atoms with Crippen LogP contribution in [0.3, 0.4) is 0 Å². The van der Waals surface area contributed by atoms with Crippen LogP contribution in [0.2, 0.25) is 0 Å². The second-order valence-corrected chi connectivity index (χ2v) is 9.90. The zero-order chi connectivity index (χ0) is 27.4. The molecule has 0 saturated carbocycles. The Labute approximate surface area is 217 Å². The van der Waals surface area contributed by atoms with Crippen LogP contribution in [-0.2, 0) is 19.1 Å². The normalized spacial score (nSPS) is 13.8. The van der Waals surface area contributed by atoms with E-state index in [1.54, 1.807) is 13.8 Å². The Balaban J connectivity index is 1.77. The third kappa shape index (κ3) is 5.76. The largest absolute Gasteiger partial charge is 0.481 e. The maximum absolute atomic E-state index is 13.5. The highest BCUT2D eigenvalue weighted by molar-refractivity contribution is 5.93. The predicted molar refractivity (Wildman–Crippen MR) is 139 cm³/mol. The van der Waals surface area contributed by atoms with E-state index in [-0.39, 0.29) is 18.4 Å². The lowest BCUT2D eigenvalue weighted by molar-refractivity contribution is -0.150. The number of benzene rings is 2. The van der Waals surface area contributed by atoms with Crippen molar-refractivity contribution in [2.45, 2.75) is 38.3 Å². The summed E-state index contributed by atoms with van der Waals surface area (Å²) in [5.41, 5.74) is 4.38. The quantitative estimate of drug-likeness (QED) is 0.556. The number of carboxylic acid groups (broad SMARTS) is 1. The topological polar surface area (TPSA) is 107 Å². The lowest BCUT2D eigenvalue weighted by Gasteiger charge is -2.36. The summed E-state index contributed by atoms with van der Waals surface area (Å²) in [5.74, 6) is -2.69. The van der Waals surface area contributed by atoms with Gasteiger partial charge in [0, 0.05) is 34.1 Å². The molecule has 0 fully saturated rings. The smallest absolute Gasteiger partial charge is 0.410 e. The fraction of sp³-hybridized carbons (Fsp3) is 0.429. The lowest BCUT2D eigenvalue weighted by atomic mass is 9.98. The standard InChI is InChI=1S/C28H35N3O6/c1-17(2)25(27(35)30(5)23(15-24(32)33)26(34)29(3)4)31(6)28(36)37-16-22-20-13-9-7-11-18(20)19-12-8-10-14-21(19)22/h7-14,17,22-23,25H,15-16H2,1-6H3,(H,32,33)/t23-,25+/m1/s1. The first kappa shape index (κ1) is 27.7. The summed E-state index contributed by atoms with van der Waals surface area (Å²) in [5, 5.41) is 9.31. The Bertz CT molecular complexity index is 1130. The van der Waals surface area contributed by atoms with Crippen LogP contribution in [0.25, 0.3) is 11.1 Å². The predicted octanol–water partition coefficient (Wildman–Crippen LogP) is 3.28. The molecule has 0 aliphatic heterocycles. The highest BCUT2D eigenvalue weighted by Gasteiger charge is 2.39. The van der Waals surface area contributed by atoms with E-state index in [1.165, 1.54) is 38.0 Å². The summed E-state index contributed by atoms with van der Waals surface area (Å²) >= 11 is 0. The van der Waals surface area contributed by atoms with Crippen LogP contribution in [0.5, 0.6) is 0 Å². The molecular formula is C28H35N3O6. The van der Waals surface area contributed by atoms with Crippen molar-refractivity contribution in [3.63, 3.8) is 0 Å². The molecule has 0 radical (unpaired) electrons. The van der Waals surface area contributed by atoms with E-state index in [2.05, 4.69) is 0 Å². The first-order chi connectivity index (χ1) is 17.5. The van der Waals surface area contributed by atoms with E-state index in [4.69, 9.17) is 4.74 Å². The molecule has 3 amide bonds. The Hall–Kier alpha value is -3.88. The van der Waals surface area contributed by atoms with Gasteiger partial charge in [-0.15, -0.1) is 0 Å². The van der Waals surface area contributed by atoms with Gasteiger partial charge in [0.15, 0.2) is 0 Å². The van der Waals surface area contributed by atoms with Crippen LogP contribution >= 0.6 is 0 Å². The molecule has 9 nitrogen and oxygen atoms in total. The minimum absolute atomic E-state index is 0.104. The molecule has 0 aromatic heterocycles. The maximum atomic E-state index is 13.5. The molecule has 1 aliphatic carbocycles. The molecular weight excluding hydrogens is 474 g/mol. The van der Waals surface area contributed by atoms with E-state index >= 15 is 0 Å². The zero-order valence-corrected chi connectivity index (χ0v) is 22.2. The van der Waals surface area contributed by atoms with Gasteiger partial charge in [-0.25, -0.2) is 4.79 Å². The fourth-order valence-electron chi connectivity index (χ4n) is 4.92. The summed E-state index contributed by atoms with van der Waals surface area (Å²) in [6.07, 6.45) is -1.21. The maximum Gasteiger partial charge on any atom is 0.410 e. The van der Waals surface area contributed by atoms with Gasteiger partial charge >= 0.3 is 12.1 Å². The lowest BCUT2D eigenvalue weighted by Crippen LogP contribution is -2.56. The summed E-state index contributed by atoms with van der Waals surface area (Å²) in [7, 11) is 5.87. The van der Waals surface area contributed by atoms with Gasteiger partial charge in [-0.1, -0.05) is 62.4 Å². The molecule has 0 unspecified atom stereocenters. The Morgan fingerprint density at radius 1 is 0.838 bits per heavy atom. The molecule has 1 aliphatic rings. The van der Waals surface area contributed by atoms with Crippen molar-refractivity contribution in [2.75, 3.05) is 34.8 Å². The molecule has 0 spiro atoms. The van der Waals surface area contributed by atoms with Gasteiger partial charge in [0.05, 0.1) is 6.42 Å². The minimum Gasteiger partial charge on any atom is -0.481 e. The molecule has 0 bridgehead atoms. The van der Waals surface area contributed by atoms with E-state index in [9.17, 15) is 24.3 Å². The zero-order valence-electron chi connectivity index (χ0n) is 22.2. The average Bonchev–Trinajstić information content (AvgIpc) is 3.18. The molecule has 2 aromatic rings. The number of nitrogens with zero attached hydrogens (tertiary/aromatic N) is 3. The molecule has 3 rings (SSSR count). The van der Waals surface area contributed by atoms with Crippen LogP contribution in [0.15, 0.2) is 48.5 Å². The highest BCUT2D eigenvalue weighted by atomic mass is 16.6.